The van der Waals surface area contributed by atoms with E-state index >= 15 is 0 Å². The highest BCUT2D eigenvalue weighted by Crippen LogP contribution is 2.42. The number of hydrogen-bond acceptors (Lipinski definition) is 3. The van der Waals surface area contributed by atoms with Gasteiger partial charge in [0.2, 0.25) is 0 Å². The lowest BCUT2D eigenvalue weighted by Crippen LogP contribution is -2.25. The molecule has 1 aliphatic carbocycles. The number of aromatic hydroxyl groups is 2. The Labute approximate surface area is 91.3 Å². The van der Waals surface area contributed by atoms with E-state index in [0.717, 1.165) is 18.9 Å². The van der Waals surface area contributed by atoms with Crippen molar-refractivity contribution < 1.29 is 14.6 Å². The van der Waals surface area contributed by atoms with Crippen molar-refractivity contribution in [3.8, 4) is 11.5 Å². The van der Waals surface area contributed by atoms with Crippen LogP contribution in [-0.2, 0) is 6.42 Å². The minimum absolute atomic E-state index is 0.000000000000000222. The molecule has 1 saturated carbocycles. The monoisotopic (exact) mass is 231 g/mol. The summed E-state index contributed by atoms with van der Waals surface area (Å²) < 4.78 is 13.5. The van der Waals surface area contributed by atoms with E-state index < -0.39 is 22.9 Å². The summed E-state index contributed by atoms with van der Waals surface area (Å²) in [6.07, 6.45) is 1.77. The molecule has 0 aliphatic heterocycles. The van der Waals surface area contributed by atoms with Gasteiger partial charge in [-0.1, -0.05) is 11.6 Å². The normalized spacial score (nSPS) is 17.8. The molecule has 0 heterocycles. The maximum Gasteiger partial charge on any atom is 0.163 e. The van der Waals surface area contributed by atoms with E-state index in [0.29, 0.717) is 0 Å². The molecule has 0 amide bonds. The van der Waals surface area contributed by atoms with Gasteiger partial charge < -0.3 is 15.9 Å². The van der Waals surface area contributed by atoms with Crippen LogP contribution in [0.15, 0.2) is 6.07 Å². The number of phenols is 2. The Morgan fingerprint density at radius 2 is 2.07 bits per heavy atom. The van der Waals surface area contributed by atoms with Gasteiger partial charge in [-0.15, -0.1) is 0 Å². The van der Waals surface area contributed by atoms with Crippen LogP contribution in [0.5, 0.6) is 11.5 Å². The zero-order chi connectivity index (χ0) is 11.2. The topological polar surface area (TPSA) is 66.5 Å². The minimum atomic E-state index is -0.705. The Morgan fingerprint density at radius 3 is 2.60 bits per heavy atom. The lowest BCUT2D eigenvalue weighted by Gasteiger charge is -2.13. The number of rotatable bonds is 2. The van der Waals surface area contributed by atoms with Gasteiger partial charge in [0, 0.05) is 17.2 Å². The van der Waals surface area contributed by atoms with Crippen molar-refractivity contribution in [1.29, 1.82) is 0 Å². The lowest BCUT2D eigenvalue weighted by atomic mass is 10.0. The van der Waals surface area contributed by atoms with E-state index in [1.54, 1.807) is 0 Å². The van der Waals surface area contributed by atoms with Gasteiger partial charge in [0.15, 0.2) is 11.5 Å². The highest BCUT2D eigenvalue weighted by atomic mass is 35.5. The fraction of sp³-hybridized carbons (Fsp3) is 0.400. The zero-order valence-electron chi connectivity index (χ0n) is 7.93. The van der Waals surface area contributed by atoms with Crippen LogP contribution in [0.25, 0.3) is 0 Å². The van der Waals surface area contributed by atoms with Gasteiger partial charge in [-0.25, -0.2) is 4.39 Å². The smallest absolute Gasteiger partial charge is 0.163 e. The summed E-state index contributed by atoms with van der Waals surface area (Å²) in [7, 11) is 0. The van der Waals surface area contributed by atoms with Crippen LogP contribution in [0.3, 0.4) is 0 Å². The van der Waals surface area contributed by atoms with Crippen molar-refractivity contribution in [2.75, 3.05) is 0 Å². The standard InChI is InChI=1S/C10H11ClFNO2/c11-6-3-7(14)9(15)5(8(6)12)4-10(13)1-2-10/h3,14-15H,1-2,4,13H2. The Hall–Kier alpha value is -1.00. The predicted molar refractivity (Wildman–Crippen MR) is 54.6 cm³/mol. The molecule has 0 aromatic heterocycles. The van der Waals surface area contributed by atoms with E-state index in [-0.39, 0.29) is 17.0 Å². The summed E-state index contributed by atoms with van der Waals surface area (Å²) in [5, 5.41) is 18.6. The van der Waals surface area contributed by atoms with Crippen LogP contribution in [0.4, 0.5) is 4.39 Å². The quantitative estimate of drug-likeness (QED) is 0.682. The highest BCUT2D eigenvalue weighted by Gasteiger charge is 2.40. The Balaban J connectivity index is 2.44. The summed E-state index contributed by atoms with van der Waals surface area (Å²) in [6, 6.07) is 0.978. The van der Waals surface area contributed by atoms with Gasteiger partial charge in [-0.3, -0.25) is 0 Å². The van der Waals surface area contributed by atoms with E-state index in [1.807, 2.05) is 0 Å². The second-order valence-corrected chi connectivity index (χ2v) is 4.47. The summed E-state index contributed by atoms with van der Waals surface area (Å²) in [5.74, 6) is -1.59. The highest BCUT2D eigenvalue weighted by molar-refractivity contribution is 6.31. The molecule has 0 atom stereocenters. The molecular formula is C10H11ClFNO2. The minimum Gasteiger partial charge on any atom is -0.504 e. The summed E-state index contributed by atoms with van der Waals surface area (Å²) in [5.41, 5.74) is 5.37. The first-order valence-electron chi connectivity index (χ1n) is 4.61. The van der Waals surface area contributed by atoms with Crippen molar-refractivity contribution in [1.82, 2.24) is 0 Å². The Kier molecular flexibility index (Phi) is 2.28. The zero-order valence-corrected chi connectivity index (χ0v) is 8.68. The van der Waals surface area contributed by atoms with Crippen LogP contribution < -0.4 is 5.73 Å². The first kappa shape index (κ1) is 10.5. The molecule has 4 N–H and O–H groups in total. The van der Waals surface area contributed by atoms with Gasteiger partial charge in [-0.2, -0.15) is 0 Å². The SMILES string of the molecule is NC1(Cc2c(O)c(O)cc(Cl)c2F)CC1. The van der Waals surface area contributed by atoms with Gasteiger partial charge in [-0.05, 0) is 19.3 Å². The van der Waals surface area contributed by atoms with E-state index in [2.05, 4.69) is 0 Å². The van der Waals surface area contributed by atoms with Crippen molar-refractivity contribution in [2.24, 2.45) is 5.73 Å². The molecule has 3 nitrogen and oxygen atoms in total. The number of hydrogen-bond donors (Lipinski definition) is 3. The molecule has 1 fully saturated rings. The van der Waals surface area contributed by atoms with Gasteiger partial charge in [0.05, 0.1) is 5.02 Å². The van der Waals surface area contributed by atoms with Crippen LogP contribution >= 0.6 is 11.6 Å². The predicted octanol–water partition coefficient (Wildman–Crippen LogP) is 1.92. The van der Waals surface area contributed by atoms with Crippen molar-refractivity contribution in [2.45, 2.75) is 24.8 Å². The van der Waals surface area contributed by atoms with Gasteiger partial charge in [0.25, 0.3) is 0 Å². The second kappa shape index (κ2) is 3.25. The van der Waals surface area contributed by atoms with Crippen molar-refractivity contribution >= 4 is 11.6 Å². The third-order valence-electron chi connectivity index (χ3n) is 2.69. The lowest BCUT2D eigenvalue weighted by molar-refractivity contribution is 0.391. The van der Waals surface area contributed by atoms with Crippen LogP contribution in [-0.4, -0.2) is 15.8 Å². The maximum absolute atomic E-state index is 13.5. The van der Waals surface area contributed by atoms with Crippen LogP contribution in [0, 0.1) is 5.82 Å². The molecule has 1 aromatic rings. The molecule has 82 valence electrons. The van der Waals surface area contributed by atoms with E-state index in [1.165, 1.54) is 0 Å². The van der Waals surface area contributed by atoms with Crippen LogP contribution in [0.2, 0.25) is 5.02 Å². The number of phenolic OH excluding ortho intramolecular Hbond substituents is 2. The molecule has 1 aliphatic rings. The average molecular weight is 232 g/mol. The summed E-state index contributed by atoms with van der Waals surface area (Å²) >= 11 is 5.55. The molecule has 0 radical (unpaired) electrons. The van der Waals surface area contributed by atoms with Crippen molar-refractivity contribution in [3.63, 3.8) is 0 Å². The molecule has 0 saturated heterocycles. The third-order valence-corrected chi connectivity index (χ3v) is 2.96. The molecule has 5 heteroatoms. The molecule has 0 bridgehead atoms. The fourth-order valence-electron chi connectivity index (χ4n) is 1.51. The number of benzene rings is 1. The molecule has 0 unspecified atom stereocenters. The fourth-order valence-corrected chi connectivity index (χ4v) is 1.72. The summed E-state index contributed by atoms with van der Waals surface area (Å²) in [6.45, 7) is 0. The first-order chi connectivity index (χ1) is 6.93. The Morgan fingerprint density at radius 1 is 1.47 bits per heavy atom. The molecule has 2 rings (SSSR count). The largest absolute Gasteiger partial charge is 0.504 e. The third kappa shape index (κ3) is 1.87. The first-order valence-corrected chi connectivity index (χ1v) is 4.98. The van der Waals surface area contributed by atoms with Gasteiger partial charge >= 0.3 is 0 Å². The van der Waals surface area contributed by atoms with E-state index in [4.69, 9.17) is 17.3 Å². The van der Waals surface area contributed by atoms with Gasteiger partial charge in [0.1, 0.15) is 5.82 Å². The van der Waals surface area contributed by atoms with Crippen molar-refractivity contribution in [3.05, 3.63) is 22.5 Å². The maximum atomic E-state index is 13.5. The molecular weight excluding hydrogens is 221 g/mol. The van der Waals surface area contributed by atoms with E-state index in [9.17, 15) is 14.6 Å². The second-order valence-electron chi connectivity index (χ2n) is 4.06. The molecule has 1 aromatic carbocycles. The molecule has 15 heavy (non-hydrogen) atoms. The number of halogens is 2. The van der Waals surface area contributed by atoms with Crippen LogP contribution in [0.1, 0.15) is 18.4 Å². The Bertz CT molecular complexity index is 392. The average Bonchev–Trinajstić information content (AvgIpc) is 2.89. The summed E-state index contributed by atoms with van der Waals surface area (Å²) in [4.78, 5) is 0. The molecule has 0 spiro atoms. The number of nitrogens with two attached hydrogens (primary N) is 1.